The number of hydrogen-bond donors (Lipinski definition) is 0. The zero-order chi connectivity index (χ0) is 6.57. The Bertz CT molecular complexity index is 94.6. The number of rotatable bonds is 3. The van der Waals surface area contributed by atoms with Gasteiger partial charge < -0.3 is 4.79 Å². The Labute approximate surface area is 50.4 Å². The number of carbonyl (C=O) groups is 1. The van der Waals surface area contributed by atoms with E-state index < -0.39 is 0 Å². The van der Waals surface area contributed by atoms with Crippen LogP contribution in [0.25, 0.3) is 0 Å². The minimum atomic E-state index is 0.354. The van der Waals surface area contributed by atoms with Gasteiger partial charge in [-0.05, 0) is 12.8 Å². The summed E-state index contributed by atoms with van der Waals surface area (Å²) < 4.78 is 0. The molecule has 0 fully saturated rings. The van der Waals surface area contributed by atoms with Crippen LogP contribution in [0.1, 0.15) is 20.3 Å². The van der Waals surface area contributed by atoms with E-state index in [0.29, 0.717) is 12.3 Å². The summed E-state index contributed by atoms with van der Waals surface area (Å²) in [5.41, 5.74) is 1.08. The molecule has 0 bridgehead atoms. The molecule has 1 heteroatoms. The van der Waals surface area contributed by atoms with E-state index in [4.69, 9.17) is 0 Å². The smallest absolute Gasteiger partial charge is 0.120 e. The summed E-state index contributed by atoms with van der Waals surface area (Å²) in [7, 11) is 0. The minimum absolute atomic E-state index is 0.354. The summed E-state index contributed by atoms with van der Waals surface area (Å²) in [5.74, 6) is 0.354. The quantitative estimate of drug-likeness (QED) is 0.402. The first kappa shape index (κ1) is 7.41. The van der Waals surface area contributed by atoms with Crippen LogP contribution < -0.4 is 0 Å². The van der Waals surface area contributed by atoms with Crippen LogP contribution in [0.15, 0.2) is 12.2 Å². The second-order valence-corrected chi connectivity index (χ2v) is 2.15. The van der Waals surface area contributed by atoms with Crippen LogP contribution in [0, 0.1) is 5.92 Å². The number of allylic oxidation sites excluding steroid dienone is 1. The largest absolute Gasteiger partial charge is 0.303 e. The molecule has 46 valence electrons. The number of aldehydes is 1. The van der Waals surface area contributed by atoms with Gasteiger partial charge in [-0.25, -0.2) is 0 Å². The van der Waals surface area contributed by atoms with Gasteiger partial charge in [-0.2, -0.15) is 0 Å². The third-order valence-electron chi connectivity index (χ3n) is 1.29. The van der Waals surface area contributed by atoms with Crippen LogP contribution in [0.3, 0.4) is 0 Å². The van der Waals surface area contributed by atoms with Crippen molar-refractivity contribution < 1.29 is 4.79 Å². The molecule has 0 aliphatic carbocycles. The van der Waals surface area contributed by atoms with E-state index in [1.165, 1.54) is 0 Å². The molecule has 0 spiro atoms. The van der Waals surface area contributed by atoms with Gasteiger partial charge in [0.2, 0.25) is 0 Å². The first-order chi connectivity index (χ1) is 3.68. The van der Waals surface area contributed by atoms with Crippen molar-refractivity contribution in [3.8, 4) is 0 Å². The maximum atomic E-state index is 9.88. The molecule has 0 rings (SSSR count). The molecule has 0 aromatic rings. The second kappa shape index (κ2) is 3.42. The fourth-order valence-corrected chi connectivity index (χ4v) is 0.346. The van der Waals surface area contributed by atoms with Crippen molar-refractivity contribution in [1.29, 1.82) is 0 Å². The maximum absolute atomic E-state index is 9.88. The molecule has 0 aromatic carbocycles. The maximum Gasteiger partial charge on any atom is 0.120 e. The molecule has 0 radical (unpaired) electrons. The molecule has 0 aliphatic rings. The Kier molecular flexibility index (Phi) is 3.16. The van der Waals surface area contributed by atoms with Crippen molar-refractivity contribution in [3.63, 3.8) is 0 Å². The van der Waals surface area contributed by atoms with Crippen molar-refractivity contribution in [3.05, 3.63) is 12.2 Å². The molecule has 0 N–H and O–H groups in total. The van der Waals surface area contributed by atoms with Crippen molar-refractivity contribution >= 4 is 6.29 Å². The highest BCUT2D eigenvalue weighted by Gasteiger charge is 1.98. The monoisotopic (exact) mass is 112 g/mol. The fourth-order valence-electron chi connectivity index (χ4n) is 0.346. The number of carbonyl (C=O) groups excluding carboxylic acids is 1. The van der Waals surface area contributed by atoms with Gasteiger partial charge in [0.05, 0.1) is 0 Å². The summed E-state index contributed by atoms with van der Waals surface area (Å²) in [6.45, 7) is 7.65. The molecule has 0 saturated heterocycles. The van der Waals surface area contributed by atoms with Crippen molar-refractivity contribution in [2.24, 2.45) is 5.92 Å². The Balaban J connectivity index is 3.46. The minimum Gasteiger partial charge on any atom is -0.303 e. The summed E-state index contributed by atoms with van der Waals surface area (Å²) in [6, 6.07) is 0. The first-order valence-corrected chi connectivity index (χ1v) is 2.77. The molecule has 8 heavy (non-hydrogen) atoms. The number of hydrogen-bond acceptors (Lipinski definition) is 1. The molecule has 0 unspecified atom stereocenters. The molecule has 0 aliphatic heterocycles. The van der Waals surface area contributed by atoms with Crippen LogP contribution in [0.2, 0.25) is 0 Å². The van der Waals surface area contributed by atoms with Crippen LogP contribution in [0.4, 0.5) is 0 Å². The van der Waals surface area contributed by atoms with E-state index in [1.807, 2.05) is 13.8 Å². The van der Waals surface area contributed by atoms with E-state index in [0.717, 1.165) is 11.9 Å². The average Bonchev–Trinajstić information content (AvgIpc) is 1.67. The van der Waals surface area contributed by atoms with Crippen LogP contribution >= 0.6 is 0 Å². The van der Waals surface area contributed by atoms with Gasteiger partial charge in [0.1, 0.15) is 6.29 Å². The first-order valence-electron chi connectivity index (χ1n) is 2.77. The molecule has 0 amide bonds. The van der Waals surface area contributed by atoms with Gasteiger partial charge in [0, 0.05) is 6.42 Å². The van der Waals surface area contributed by atoms with Crippen molar-refractivity contribution in [1.82, 2.24) is 0 Å². The Hall–Kier alpha value is -0.590. The Morgan fingerprint density at radius 1 is 1.88 bits per heavy atom. The van der Waals surface area contributed by atoms with E-state index in [1.54, 1.807) is 0 Å². The SMILES string of the molecule is C=C(C)[C@H](C)CC=O. The van der Waals surface area contributed by atoms with Gasteiger partial charge in [0.15, 0.2) is 0 Å². The summed E-state index contributed by atoms with van der Waals surface area (Å²) >= 11 is 0. The summed E-state index contributed by atoms with van der Waals surface area (Å²) in [5, 5.41) is 0. The topological polar surface area (TPSA) is 17.1 Å². The summed E-state index contributed by atoms with van der Waals surface area (Å²) in [6.07, 6.45) is 1.54. The molecular weight excluding hydrogens is 100 g/mol. The van der Waals surface area contributed by atoms with Gasteiger partial charge in [-0.1, -0.05) is 19.1 Å². The lowest BCUT2D eigenvalue weighted by atomic mass is 10.0. The third-order valence-corrected chi connectivity index (χ3v) is 1.29. The lowest BCUT2D eigenvalue weighted by Gasteiger charge is -2.03. The predicted octanol–water partition coefficient (Wildman–Crippen LogP) is 1.79. The van der Waals surface area contributed by atoms with Crippen LogP contribution in [-0.4, -0.2) is 6.29 Å². The molecule has 1 atom stereocenters. The highest BCUT2D eigenvalue weighted by Crippen LogP contribution is 2.08. The second-order valence-electron chi connectivity index (χ2n) is 2.15. The van der Waals surface area contributed by atoms with Gasteiger partial charge in [0.25, 0.3) is 0 Å². The van der Waals surface area contributed by atoms with Gasteiger partial charge in [-0.15, -0.1) is 0 Å². The Morgan fingerprint density at radius 2 is 2.38 bits per heavy atom. The van der Waals surface area contributed by atoms with E-state index in [9.17, 15) is 4.79 Å². The van der Waals surface area contributed by atoms with Crippen molar-refractivity contribution in [2.45, 2.75) is 20.3 Å². The van der Waals surface area contributed by atoms with E-state index in [-0.39, 0.29) is 0 Å². The third kappa shape index (κ3) is 2.56. The molecular formula is C7H12O. The highest BCUT2D eigenvalue weighted by atomic mass is 16.1. The molecule has 0 saturated carbocycles. The van der Waals surface area contributed by atoms with Crippen LogP contribution in [-0.2, 0) is 4.79 Å². The molecule has 1 nitrogen and oxygen atoms in total. The highest BCUT2D eigenvalue weighted by molar-refractivity contribution is 5.50. The lowest BCUT2D eigenvalue weighted by Crippen LogP contribution is -1.94. The van der Waals surface area contributed by atoms with Gasteiger partial charge in [-0.3, -0.25) is 0 Å². The lowest BCUT2D eigenvalue weighted by molar-refractivity contribution is -0.108. The van der Waals surface area contributed by atoms with E-state index >= 15 is 0 Å². The zero-order valence-corrected chi connectivity index (χ0v) is 5.48. The molecule has 0 aromatic heterocycles. The fraction of sp³-hybridized carbons (Fsp3) is 0.571. The summed E-state index contributed by atoms with van der Waals surface area (Å²) in [4.78, 5) is 9.88. The van der Waals surface area contributed by atoms with Gasteiger partial charge >= 0.3 is 0 Å². The normalized spacial score (nSPS) is 12.8. The average molecular weight is 112 g/mol. The predicted molar refractivity (Wildman–Crippen MR) is 34.7 cm³/mol. The zero-order valence-electron chi connectivity index (χ0n) is 5.48. The Morgan fingerprint density at radius 3 is 2.50 bits per heavy atom. The van der Waals surface area contributed by atoms with E-state index in [2.05, 4.69) is 6.58 Å². The van der Waals surface area contributed by atoms with Crippen molar-refractivity contribution in [2.75, 3.05) is 0 Å². The molecule has 0 heterocycles. The standard InChI is InChI=1S/C7H12O/c1-6(2)7(3)4-5-8/h5,7H,1,4H2,2-3H3/t7-/m1/s1. The van der Waals surface area contributed by atoms with Crippen LogP contribution in [0.5, 0.6) is 0 Å².